The summed E-state index contributed by atoms with van der Waals surface area (Å²) in [7, 11) is -2.14. The van der Waals surface area contributed by atoms with Crippen LogP contribution in [-0.2, 0) is 10.1 Å². The molecule has 0 bridgehead atoms. The molecule has 0 aromatic carbocycles. The number of nitrogens with zero attached hydrogens (tertiary/aromatic N) is 1. The first-order chi connectivity index (χ1) is 6.03. The molecule has 0 N–H and O–H groups in total. The second-order valence-corrected chi connectivity index (χ2v) is 3.87. The van der Waals surface area contributed by atoms with E-state index in [0.29, 0.717) is 0 Å². The lowest BCUT2D eigenvalue weighted by molar-refractivity contribution is 0.375. The van der Waals surface area contributed by atoms with Gasteiger partial charge < -0.3 is 8.92 Å². The van der Waals surface area contributed by atoms with E-state index < -0.39 is 10.1 Å². The molecule has 0 saturated heterocycles. The zero-order valence-corrected chi connectivity index (χ0v) is 8.04. The van der Waals surface area contributed by atoms with Crippen LogP contribution in [0.3, 0.4) is 0 Å². The monoisotopic (exact) mass is 203 g/mol. The molecule has 0 radical (unpaired) electrons. The molecule has 0 atom stereocenters. The van der Waals surface area contributed by atoms with Crippen molar-refractivity contribution in [3.05, 3.63) is 18.3 Å². The second-order valence-electron chi connectivity index (χ2n) is 2.30. The number of aromatic nitrogens is 1. The van der Waals surface area contributed by atoms with E-state index in [-0.39, 0.29) is 11.6 Å². The summed E-state index contributed by atoms with van der Waals surface area (Å²) in [6, 6.07) is 3.02. The fourth-order valence-corrected chi connectivity index (χ4v) is 1.21. The van der Waals surface area contributed by atoms with Gasteiger partial charge >= 0.3 is 10.1 Å². The maximum atomic E-state index is 10.8. The lowest BCUT2D eigenvalue weighted by Crippen LogP contribution is -2.07. The van der Waals surface area contributed by atoms with Gasteiger partial charge in [-0.2, -0.15) is 8.42 Å². The molecular weight excluding hydrogens is 194 g/mol. The molecule has 0 saturated carbocycles. The first-order valence-electron chi connectivity index (χ1n) is 3.41. The van der Waals surface area contributed by atoms with Crippen molar-refractivity contribution in [2.75, 3.05) is 13.4 Å². The van der Waals surface area contributed by atoms with Gasteiger partial charge in [-0.15, -0.1) is 0 Å². The van der Waals surface area contributed by atoms with E-state index in [2.05, 4.69) is 9.17 Å². The Kier molecular flexibility index (Phi) is 2.72. The van der Waals surface area contributed by atoms with Crippen LogP contribution in [0.1, 0.15) is 0 Å². The zero-order chi connectivity index (χ0) is 9.90. The van der Waals surface area contributed by atoms with E-state index in [1.54, 1.807) is 6.07 Å². The molecular formula is C7H9NO4S. The Morgan fingerprint density at radius 2 is 2.15 bits per heavy atom. The van der Waals surface area contributed by atoms with Crippen LogP contribution in [0.4, 0.5) is 0 Å². The van der Waals surface area contributed by atoms with E-state index >= 15 is 0 Å². The molecule has 6 heteroatoms. The smallest absolute Gasteiger partial charge is 0.306 e. The van der Waals surface area contributed by atoms with Gasteiger partial charge in [0.05, 0.1) is 13.4 Å². The van der Waals surface area contributed by atoms with Gasteiger partial charge in [-0.1, -0.05) is 0 Å². The number of hydrogen-bond acceptors (Lipinski definition) is 5. The average Bonchev–Trinajstić information content (AvgIpc) is 2.02. The molecule has 13 heavy (non-hydrogen) atoms. The van der Waals surface area contributed by atoms with Crippen molar-refractivity contribution in [1.82, 2.24) is 4.98 Å². The normalized spacial score (nSPS) is 10.9. The third-order valence-corrected chi connectivity index (χ3v) is 1.65. The van der Waals surface area contributed by atoms with Gasteiger partial charge in [0.15, 0.2) is 0 Å². The molecule has 1 aromatic rings. The standard InChI is InChI=1S/C7H9NO4S/c1-11-7-6(4-3-5-8-7)12-13(2,9)10/h3-5H,1-2H3. The highest BCUT2D eigenvalue weighted by atomic mass is 32.2. The van der Waals surface area contributed by atoms with Gasteiger partial charge in [0.2, 0.25) is 5.75 Å². The van der Waals surface area contributed by atoms with Crippen molar-refractivity contribution in [2.45, 2.75) is 0 Å². The van der Waals surface area contributed by atoms with Crippen molar-refractivity contribution in [1.29, 1.82) is 0 Å². The van der Waals surface area contributed by atoms with Gasteiger partial charge in [0.1, 0.15) is 0 Å². The Morgan fingerprint density at radius 3 is 2.69 bits per heavy atom. The number of methoxy groups -OCH3 is 1. The molecule has 0 fully saturated rings. The van der Waals surface area contributed by atoms with E-state index in [4.69, 9.17) is 4.74 Å². The SMILES string of the molecule is COc1ncccc1OS(C)(=O)=O. The quantitative estimate of drug-likeness (QED) is 0.666. The molecule has 5 nitrogen and oxygen atoms in total. The summed E-state index contributed by atoms with van der Waals surface area (Å²) < 4.78 is 30.9. The minimum absolute atomic E-state index is 0.0903. The van der Waals surface area contributed by atoms with Gasteiger partial charge in [-0.25, -0.2) is 4.98 Å². The van der Waals surface area contributed by atoms with Crippen molar-refractivity contribution in [3.63, 3.8) is 0 Å². The van der Waals surface area contributed by atoms with Crippen LogP contribution in [0.5, 0.6) is 11.6 Å². The summed E-state index contributed by atoms with van der Waals surface area (Å²) in [6.07, 6.45) is 2.44. The summed E-state index contributed by atoms with van der Waals surface area (Å²) in [6.45, 7) is 0. The third kappa shape index (κ3) is 2.90. The third-order valence-electron chi connectivity index (χ3n) is 1.17. The van der Waals surface area contributed by atoms with E-state index in [1.807, 2.05) is 0 Å². The molecule has 1 heterocycles. The number of ether oxygens (including phenoxy) is 1. The Labute approximate surface area is 76.4 Å². The molecule has 0 aliphatic rings. The zero-order valence-electron chi connectivity index (χ0n) is 7.22. The number of hydrogen-bond donors (Lipinski definition) is 0. The molecule has 0 amide bonds. The molecule has 1 aromatic heterocycles. The van der Waals surface area contributed by atoms with Crippen molar-refractivity contribution < 1.29 is 17.3 Å². The fraction of sp³-hybridized carbons (Fsp3) is 0.286. The predicted octanol–water partition coefficient (Wildman–Crippen LogP) is 0.429. The predicted molar refractivity (Wildman–Crippen MR) is 46.3 cm³/mol. The molecule has 0 spiro atoms. The van der Waals surface area contributed by atoms with Gasteiger partial charge in [0, 0.05) is 6.20 Å². The minimum atomic E-state index is -3.53. The van der Waals surface area contributed by atoms with Crippen LogP contribution in [0.25, 0.3) is 0 Å². The maximum absolute atomic E-state index is 10.8. The Morgan fingerprint density at radius 1 is 1.46 bits per heavy atom. The second kappa shape index (κ2) is 3.61. The molecule has 0 aliphatic carbocycles. The van der Waals surface area contributed by atoms with Crippen LogP contribution in [0.15, 0.2) is 18.3 Å². The number of pyridine rings is 1. The summed E-state index contributed by atoms with van der Waals surface area (Å²) in [4.78, 5) is 3.77. The first kappa shape index (κ1) is 9.79. The van der Waals surface area contributed by atoms with Gasteiger partial charge in [-0.3, -0.25) is 0 Å². The van der Waals surface area contributed by atoms with Crippen LogP contribution in [0, 0.1) is 0 Å². The van der Waals surface area contributed by atoms with E-state index in [1.165, 1.54) is 19.4 Å². The lowest BCUT2D eigenvalue weighted by atomic mass is 10.4. The number of rotatable bonds is 3. The van der Waals surface area contributed by atoms with Crippen molar-refractivity contribution in [3.8, 4) is 11.6 Å². The van der Waals surface area contributed by atoms with Crippen LogP contribution in [0.2, 0.25) is 0 Å². The Hall–Kier alpha value is -1.30. The van der Waals surface area contributed by atoms with Gasteiger partial charge in [-0.05, 0) is 12.1 Å². The Bertz CT molecular complexity index is 387. The van der Waals surface area contributed by atoms with Crippen LogP contribution in [-0.4, -0.2) is 26.8 Å². The lowest BCUT2D eigenvalue weighted by Gasteiger charge is -2.05. The van der Waals surface area contributed by atoms with Crippen LogP contribution >= 0.6 is 0 Å². The van der Waals surface area contributed by atoms with E-state index in [0.717, 1.165) is 6.26 Å². The highest BCUT2D eigenvalue weighted by molar-refractivity contribution is 7.86. The van der Waals surface area contributed by atoms with Crippen molar-refractivity contribution >= 4 is 10.1 Å². The average molecular weight is 203 g/mol. The highest BCUT2D eigenvalue weighted by Crippen LogP contribution is 2.23. The summed E-state index contributed by atoms with van der Waals surface area (Å²) in [5.41, 5.74) is 0. The van der Waals surface area contributed by atoms with Gasteiger partial charge in [0.25, 0.3) is 5.88 Å². The molecule has 0 aliphatic heterocycles. The maximum Gasteiger partial charge on any atom is 0.306 e. The largest absolute Gasteiger partial charge is 0.478 e. The van der Waals surface area contributed by atoms with Crippen LogP contribution < -0.4 is 8.92 Å². The first-order valence-corrected chi connectivity index (χ1v) is 5.23. The van der Waals surface area contributed by atoms with E-state index in [9.17, 15) is 8.42 Å². The fourth-order valence-electron chi connectivity index (χ4n) is 0.756. The summed E-state index contributed by atoms with van der Waals surface area (Å²) in [5, 5.41) is 0. The minimum Gasteiger partial charge on any atom is -0.478 e. The molecule has 1 rings (SSSR count). The summed E-state index contributed by atoms with van der Waals surface area (Å²) >= 11 is 0. The highest BCUT2D eigenvalue weighted by Gasteiger charge is 2.10. The Balaban J connectivity index is 3.01. The topological polar surface area (TPSA) is 65.5 Å². The summed E-state index contributed by atoms with van der Waals surface area (Å²) in [5.74, 6) is 0.237. The van der Waals surface area contributed by atoms with Crippen molar-refractivity contribution in [2.24, 2.45) is 0 Å². The molecule has 72 valence electrons. The molecule has 0 unspecified atom stereocenters.